The summed E-state index contributed by atoms with van der Waals surface area (Å²) in [6.07, 6.45) is 0. The Hall–Kier alpha value is -2.47. The van der Waals surface area contributed by atoms with Crippen molar-refractivity contribution in [3.8, 4) is 0 Å². The molecule has 1 heterocycles. The van der Waals surface area contributed by atoms with Crippen LogP contribution in [0.5, 0.6) is 0 Å². The van der Waals surface area contributed by atoms with Crippen LogP contribution < -0.4 is 17.8 Å². The van der Waals surface area contributed by atoms with Crippen molar-refractivity contribution < 1.29 is 9.53 Å². The number of hydrogen-bond donors (Lipinski definition) is 2. The van der Waals surface area contributed by atoms with Crippen molar-refractivity contribution >= 4 is 57.0 Å². The summed E-state index contributed by atoms with van der Waals surface area (Å²) in [4.78, 5) is 12.6. The second kappa shape index (κ2) is 7.51. The first-order chi connectivity index (χ1) is 13.4. The molecule has 0 saturated heterocycles. The topological polar surface area (TPSA) is 50.4 Å². The summed E-state index contributed by atoms with van der Waals surface area (Å²) < 4.78 is 8.39. The van der Waals surface area contributed by atoms with E-state index in [9.17, 15) is 4.79 Å². The number of ether oxygens (including phenoxy) is 1. The standard InChI is InChI=1S/C23H22N2O2.Sn/c1-23(2,3)27-22(26)20-11-7-8-12-21(20)25-19-15-13-18(14-16-19)24-17-9-5-4-6-10-17;/h4-9,11-13,15-16,24-25H,1-3H3;. The first-order valence-electron chi connectivity index (χ1n) is 9.26. The van der Waals surface area contributed by atoms with Crippen LogP contribution in [0.2, 0.25) is 0 Å². The van der Waals surface area contributed by atoms with Crippen LogP contribution in [0.15, 0.2) is 66.7 Å². The first-order valence-corrected chi connectivity index (χ1v) is 12.1. The van der Waals surface area contributed by atoms with E-state index in [1.807, 2.05) is 45.0 Å². The van der Waals surface area contributed by atoms with Crippen molar-refractivity contribution in [2.24, 2.45) is 0 Å². The molecule has 2 N–H and O–H groups in total. The second-order valence-corrected chi connectivity index (χ2v) is 11.5. The number of para-hydroxylation sites is 2. The van der Waals surface area contributed by atoms with E-state index in [4.69, 9.17) is 4.74 Å². The predicted molar refractivity (Wildman–Crippen MR) is 116 cm³/mol. The molecule has 0 unspecified atom stereocenters. The summed E-state index contributed by atoms with van der Waals surface area (Å²) in [5.41, 5.74) is 4.18. The molecular weight excluding hydrogens is 455 g/mol. The molecular formula is C23H22N2O2Sn. The van der Waals surface area contributed by atoms with E-state index in [1.165, 1.54) is 18.5 Å². The molecule has 0 atom stereocenters. The van der Waals surface area contributed by atoms with Gasteiger partial charge in [-0.1, -0.05) is 0 Å². The maximum absolute atomic E-state index is 12.6. The third-order valence-corrected chi connectivity index (χ3v) is 8.27. The van der Waals surface area contributed by atoms with E-state index < -0.39 is 26.7 Å². The van der Waals surface area contributed by atoms with Gasteiger partial charge in [-0.3, -0.25) is 0 Å². The van der Waals surface area contributed by atoms with Gasteiger partial charge in [0.25, 0.3) is 0 Å². The van der Waals surface area contributed by atoms with Gasteiger partial charge in [0.2, 0.25) is 0 Å². The van der Waals surface area contributed by atoms with Gasteiger partial charge in [-0.05, 0) is 0 Å². The predicted octanol–water partition coefficient (Wildman–Crippen LogP) is 4.10. The fraction of sp³-hybridized carbons (Fsp3) is 0.174. The Kier molecular flexibility index (Phi) is 5.06. The molecule has 0 spiro atoms. The quantitative estimate of drug-likeness (QED) is 0.345. The van der Waals surface area contributed by atoms with Crippen molar-refractivity contribution in [3.05, 3.63) is 72.3 Å². The molecule has 0 aliphatic carbocycles. The van der Waals surface area contributed by atoms with E-state index in [2.05, 4.69) is 47.0 Å². The van der Waals surface area contributed by atoms with E-state index in [0.717, 1.165) is 11.4 Å². The molecule has 140 valence electrons. The molecule has 4 nitrogen and oxygen atoms in total. The molecule has 0 bridgehead atoms. The summed E-state index contributed by atoms with van der Waals surface area (Å²) >= 11 is -0.867. The number of benzene rings is 3. The monoisotopic (exact) mass is 478 g/mol. The fourth-order valence-electron chi connectivity index (χ4n) is 3.08. The zero-order chi connectivity index (χ0) is 19.7. The van der Waals surface area contributed by atoms with Crippen molar-refractivity contribution in [1.29, 1.82) is 0 Å². The molecule has 4 rings (SSSR count). The van der Waals surface area contributed by atoms with Gasteiger partial charge in [0.15, 0.2) is 0 Å². The zero-order valence-corrected chi connectivity index (χ0v) is 19.0. The average Bonchev–Trinajstić information content (AvgIpc) is 2.65. The third kappa shape index (κ3) is 4.17. The number of hydrogen-bond acceptors (Lipinski definition) is 4. The molecule has 5 heteroatoms. The summed E-state index contributed by atoms with van der Waals surface area (Å²) in [6.45, 7) is 5.63. The van der Waals surface area contributed by atoms with Gasteiger partial charge in [-0.15, -0.1) is 0 Å². The van der Waals surface area contributed by atoms with Crippen molar-refractivity contribution in [1.82, 2.24) is 0 Å². The van der Waals surface area contributed by atoms with Gasteiger partial charge in [0.1, 0.15) is 0 Å². The summed E-state index contributed by atoms with van der Waals surface area (Å²) in [5, 5.41) is 6.94. The Morgan fingerprint density at radius 3 is 2.46 bits per heavy atom. The van der Waals surface area contributed by atoms with Crippen LogP contribution in [0, 0.1) is 0 Å². The molecule has 0 aromatic heterocycles. The van der Waals surface area contributed by atoms with Crippen LogP contribution >= 0.6 is 0 Å². The van der Waals surface area contributed by atoms with Crippen LogP contribution in [0.3, 0.4) is 0 Å². The number of carbonyl (C=O) groups excluding carboxylic acids is 1. The third-order valence-electron chi connectivity index (χ3n) is 4.31. The summed E-state index contributed by atoms with van der Waals surface area (Å²) in [5.74, 6) is -0.319. The van der Waals surface area contributed by atoms with Crippen molar-refractivity contribution in [3.63, 3.8) is 0 Å². The SMILES string of the molecule is CC(C)(C)OC(=O)c1ccccc1Nc1ccc2[c](c1)[Sn][c]1ccccc1N2. The normalized spacial score (nSPS) is 12.4. The number of fused-ring (bicyclic) bond motifs is 2. The fourth-order valence-corrected chi connectivity index (χ4v) is 6.68. The Bertz CT molecular complexity index is 1040. The Labute approximate surface area is 175 Å². The summed E-state index contributed by atoms with van der Waals surface area (Å²) in [6, 6.07) is 22.4. The number of anilines is 4. The number of rotatable bonds is 3. The van der Waals surface area contributed by atoms with E-state index in [1.54, 1.807) is 6.07 Å². The number of carbonyl (C=O) groups is 1. The first kappa shape index (κ1) is 18.9. The van der Waals surface area contributed by atoms with Gasteiger partial charge >= 0.3 is 176 Å². The molecule has 3 aromatic rings. The molecule has 3 aromatic carbocycles. The van der Waals surface area contributed by atoms with Crippen LogP contribution in [0.1, 0.15) is 31.1 Å². The molecule has 28 heavy (non-hydrogen) atoms. The van der Waals surface area contributed by atoms with Crippen molar-refractivity contribution in [2.75, 3.05) is 10.6 Å². The number of esters is 1. The molecule has 1 aliphatic rings. The molecule has 0 amide bonds. The van der Waals surface area contributed by atoms with Crippen LogP contribution in [-0.4, -0.2) is 32.7 Å². The van der Waals surface area contributed by atoms with Gasteiger partial charge in [-0.25, -0.2) is 0 Å². The molecule has 0 fully saturated rings. The molecule has 0 saturated carbocycles. The van der Waals surface area contributed by atoms with Crippen LogP contribution in [-0.2, 0) is 4.74 Å². The minimum atomic E-state index is -0.867. The van der Waals surface area contributed by atoms with Gasteiger partial charge in [-0.2, -0.15) is 0 Å². The summed E-state index contributed by atoms with van der Waals surface area (Å²) in [7, 11) is 0. The zero-order valence-electron chi connectivity index (χ0n) is 16.2. The Morgan fingerprint density at radius 2 is 1.64 bits per heavy atom. The van der Waals surface area contributed by atoms with Gasteiger partial charge < -0.3 is 0 Å². The van der Waals surface area contributed by atoms with Crippen LogP contribution in [0.25, 0.3) is 0 Å². The number of nitrogens with one attached hydrogen (secondary N) is 2. The minimum absolute atomic E-state index is 0.319. The Morgan fingerprint density at radius 1 is 0.929 bits per heavy atom. The van der Waals surface area contributed by atoms with Crippen molar-refractivity contribution in [2.45, 2.75) is 26.4 Å². The van der Waals surface area contributed by atoms with Gasteiger partial charge in [0, 0.05) is 0 Å². The maximum atomic E-state index is 12.6. The second-order valence-electron chi connectivity index (χ2n) is 7.73. The van der Waals surface area contributed by atoms with Crippen LogP contribution in [0.4, 0.5) is 22.7 Å². The molecule has 1 aliphatic heterocycles. The van der Waals surface area contributed by atoms with Gasteiger partial charge in [0.05, 0.1) is 0 Å². The Balaban J connectivity index is 1.59. The average molecular weight is 477 g/mol. The van der Waals surface area contributed by atoms with E-state index in [0.29, 0.717) is 5.56 Å². The van der Waals surface area contributed by atoms with E-state index >= 15 is 0 Å². The molecule has 2 radical (unpaired) electrons. The van der Waals surface area contributed by atoms with E-state index in [-0.39, 0.29) is 5.97 Å².